The van der Waals surface area contributed by atoms with Crippen LogP contribution in [-0.2, 0) is 0 Å². The standard InChI is InChI=1S/C14H17N3O3/c1-7-11(14(18)19)5-6-12(15-7)16-8(2)13-9(3)17-20-10(13)4/h5-6,8H,1-4H3,(H,15,16)(H,18,19). The van der Waals surface area contributed by atoms with E-state index in [1.54, 1.807) is 19.1 Å². The molecular formula is C14H17N3O3. The minimum Gasteiger partial charge on any atom is -0.478 e. The molecule has 20 heavy (non-hydrogen) atoms. The molecule has 6 nitrogen and oxygen atoms in total. The van der Waals surface area contributed by atoms with Crippen molar-refractivity contribution in [3.63, 3.8) is 0 Å². The quantitative estimate of drug-likeness (QED) is 0.892. The highest BCUT2D eigenvalue weighted by Crippen LogP contribution is 2.24. The summed E-state index contributed by atoms with van der Waals surface area (Å²) in [5.41, 5.74) is 2.52. The van der Waals surface area contributed by atoms with Crippen LogP contribution in [0.15, 0.2) is 16.7 Å². The van der Waals surface area contributed by atoms with Gasteiger partial charge in [0.15, 0.2) is 0 Å². The molecule has 0 aliphatic heterocycles. The molecular weight excluding hydrogens is 258 g/mol. The van der Waals surface area contributed by atoms with E-state index in [2.05, 4.69) is 15.5 Å². The van der Waals surface area contributed by atoms with Gasteiger partial charge in [-0.3, -0.25) is 0 Å². The van der Waals surface area contributed by atoms with Crippen LogP contribution in [0.1, 0.15) is 46.0 Å². The first-order valence-corrected chi connectivity index (χ1v) is 6.30. The highest BCUT2D eigenvalue weighted by Gasteiger charge is 2.17. The van der Waals surface area contributed by atoms with E-state index >= 15 is 0 Å². The van der Waals surface area contributed by atoms with Gasteiger partial charge in [0.25, 0.3) is 0 Å². The van der Waals surface area contributed by atoms with Gasteiger partial charge in [0.05, 0.1) is 23.0 Å². The molecule has 0 spiro atoms. The number of pyridine rings is 1. The van der Waals surface area contributed by atoms with E-state index in [0.29, 0.717) is 11.5 Å². The van der Waals surface area contributed by atoms with Crippen LogP contribution < -0.4 is 5.32 Å². The van der Waals surface area contributed by atoms with Crippen LogP contribution in [0.5, 0.6) is 0 Å². The van der Waals surface area contributed by atoms with E-state index in [1.165, 1.54) is 0 Å². The number of aromatic nitrogens is 2. The smallest absolute Gasteiger partial charge is 0.337 e. The van der Waals surface area contributed by atoms with E-state index < -0.39 is 5.97 Å². The molecule has 2 heterocycles. The molecule has 2 N–H and O–H groups in total. The van der Waals surface area contributed by atoms with Gasteiger partial charge < -0.3 is 14.9 Å². The highest BCUT2D eigenvalue weighted by atomic mass is 16.5. The molecule has 1 atom stereocenters. The van der Waals surface area contributed by atoms with Crippen molar-refractivity contribution in [2.45, 2.75) is 33.7 Å². The highest BCUT2D eigenvalue weighted by molar-refractivity contribution is 5.89. The molecule has 106 valence electrons. The monoisotopic (exact) mass is 275 g/mol. The van der Waals surface area contributed by atoms with Gasteiger partial charge in [-0.2, -0.15) is 0 Å². The average Bonchev–Trinajstić information content (AvgIpc) is 2.68. The summed E-state index contributed by atoms with van der Waals surface area (Å²) in [6, 6.07) is 3.18. The summed E-state index contributed by atoms with van der Waals surface area (Å²) in [5, 5.41) is 16.1. The molecule has 0 saturated heterocycles. The van der Waals surface area contributed by atoms with Gasteiger partial charge in [0, 0.05) is 5.56 Å². The number of rotatable bonds is 4. The van der Waals surface area contributed by atoms with Gasteiger partial charge in [-0.1, -0.05) is 5.16 Å². The number of aryl methyl sites for hydroxylation is 3. The van der Waals surface area contributed by atoms with Crippen molar-refractivity contribution in [2.24, 2.45) is 0 Å². The first kappa shape index (κ1) is 14.0. The number of nitrogens with zero attached hydrogens (tertiary/aromatic N) is 2. The topological polar surface area (TPSA) is 88.3 Å². The number of carboxylic acids is 1. The summed E-state index contributed by atoms with van der Waals surface area (Å²) in [7, 11) is 0. The number of hydrogen-bond acceptors (Lipinski definition) is 5. The van der Waals surface area contributed by atoms with Gasteiger partial charge in [-0.05, 0) is 39.8 Å². The number of nitrogens with one attached hydrogen (secondary N) is 1. The fourth-order valence-corrected chi connectivity index (χ4v) is 2.27. The van der Waals surface area contributed by atoms with Gasteiger partial charge in [0.2, 0.25) is 0 Å². The van der Waals surface area contributed by atoms with E-state index in [1.807, 2.05) is 20.8 Å². The Morgan fingerprint density at radius 2 is 2.00 bits per heavy atom. The largest absolute Gasteiger partial charge is 0.478 e. The van der Waals surface area contributed by atoms with Crippen molar-refractivity contribution < 1.29 is 14.4 Å². The van der Waals surface area contributed by atoms with Crippen LogP contribution in [0.2, 0.25) is 0 Å². The molecule has 0 fully saturated rings. The maximum atomic E-state index is 11.0. The van der Waals surface area contributed by atoms with Crippen LogP contribution >= 0.6 is 0 Å². The lowest BCUT2D eigenvalue weighted by atomic mass is 10.1. The summed E-state index contributed by atoms with van der Waals surface area (Å²) >= 11 is 0. The number of carboxylic acid groups (broad SMARTS) is 1. The van der Waals surface area contributed by atoms with Gasteiger partial charge in [0.1, 0.15) is 11.6 Å². The molecule has 0 saturated carbocycles. The fraction of sp³-hybridized carbons (Fsp3) is 0.357. The Morgan fingerprint density at radius 3 is 2.50 bits per heavy atom. The summed E-state index contributed by atoms with van der Waals surface area (Å²) < 4.78 is 5.14. The first-order chi connectivity index (χ1) is 9.40. The number of aromatic carboxylic acids is 1. The Hall–Kier alpha value is -2.37. The molecule has 0 aliphatic carbocycles. The van der Waals surface area contributed by atoms with E-state index in [0.717, 1.165) is 17.0 Å². The van der Waals surface area contributed by atoms with Gasteiger partial charge >= 0.3 is 5.97 Å². The first-order valence-electron chi connectivity index (χ1n) is 6.30. The zero-order chi connectivity index (χ0) is 14.9. The lowest BCUT2D eigenvalue weighted by molar-refractivity contribution is 0.0695. The predicted octanol–water partition coefficient (Wildman–Crippen LogP) is 2.87. The molecule has 0 radical (unpaired) electrons. The second-order valence-corrected chi connectivity index (χ2v) is 4.74. The molecule has 0 aromatic carbocycles. The third kappa shape index (κ3) is 2.64. The predicted molar refractivity (Wildman–Crippen MR) is 73.9 cm³/mol. The van der Waals surface area contributed by atoms with Crippen molar-refractivity contribution in [1.29, 1.82) is 0 Å². The Balaban J connectivity index is 2.22. The van der Waals surface area contributed by atoms with Crippen LogP contribution in [0.4, 0.5) is 5.82 Å². The lowest BCUT2D eigenvalue weighted by Crippen LogP contribution is -2.11. The molecule has 2 rings (SSSR count). The summed E-state index contributed by atoms with van der Waals surface area (Å²) in [6.07, 6.45) is 0. The Kier molecular flexibility index (Phi) is 3.74. The summed E-state index contributed by atoms with van der Waals surface area (Å²) in [5.74, 6) is 0.418. The Morgan fingerprint density at radius 1 is 1.30 bits per heavy atom. The molecule has 0 aliphatic rings. The third-order valence-corrected chi connectivity index (χ3v) is 3.20. The van der Waals surface area contributed by atoms with Crippen molar-refractivity contribution in [1.82, 2.24) is 10.1 Å². The number of carbonyl (C=O) groups is 1. The van der Waals surface area contributed by atoms with Crippen molar-refractivity contribution in [3.8, 4) is 0 Å². The second-order valence-electron chi connectivity index (χ2n) is 4.74. The number of hydrogen-bond donors (Lipinski definition) is 2. The van der Waals surface area contributed by atoms with Crippen LogP contribution in [0.3, 0.4) is 0 Å². The van der Waals surface area contributed by atoms with Crippen LogP contribution in [-0.4, -0.2) is 21.2 Å². The maximum Gasteiger partial charge on any atom is 0.337 e. The minimum atomic E-state index is -0.972. The average molecular weight is 275 g/mol. The SMILES string of the molecule is Cc1nc(NC(C)c2c(C)noc2C)ccc1C(=O)O. The van der Waals surface area contributed by atoms with Crippen molar-refractivity contribution >= 4 is 11.8 Å². The normalized spacial score (nSPS) is 12.2. The fourth-order valence-electron chi connectivity index (χ4n) is 2.27. The van der Waals surface area contributed by atoms with E-state index in [-0.39, 0.29) is 11.6 Å². The van der Waals surface area contributed by atoms with Crippen molar-refractivity contribution in [2.75, 3.05) is 5.32 Å². The van der Waals surface area contributed by atoms with Gasteiger partial charge in [-0.25, -0.2) is 9.78 Å². The lowest BCUT2D eigenvalue weighted by Gasteiger charge is -2.15. The Labute approximate surface area is 116 Å². The number of anilines is 1. The third-order valence-electron chi connectivity index (χ3n) is 3.20. The Bertz CT molecular complexity index is 630. The summed E-state index contributed by atoms with van der Waals surface area (Å²) in [6.45, 7) is 7.40. The zero-order valence-corrected chi connectivity index (χ0v) is 11.9. The van der Waals surface area contributed by atoms with Crippen LogP contribution in [0.25, 0.3) is 0 Å². The summed E-state index contributed by atoms with van der Waals surface area (Å²) in [4.78, 5) is 15.2. The van der Waals surface area contributed by atoms with E-state index in [9.17, 15) is 4.79 Å². The van der Waals surface area contributed by atoms with Crippen molar-refractivity contribution in [3.05, 3.63) is 40.4 Å². The zero-order valence-electron chi connectivity index (χ0n) is 11.9. The molecule has 1 unspecified atom stereocenters. The molecule has 0 bridgehead atoms. The molecule has 2 aromatic heterocycles. The molecule has 0 amide bonds. The maximum absolute atomic E-state index is 11.0. The minimum absolute atomic E-state index is 0.0242. The van der Waals surface area contributed by atoms with Crippen LogP contribution in [0, 0.1) is 20.8 Å². The second kappa shape index (κ2) is 5.32. The van der Waals surface area contributed by atoms with E-state index in [4.69, 9.17) is 9.63 Å². The van der Waals surface area contributed by atoms with Gasteiger partial charge in [-0.15, -0.1) is 0 Å². The molecule has 2 aromatic rings. The molecule has 6 heteroatoms.